The molecule has 2 heterocycles. The van der Waals surface area contributed by atoms with Crippen molar-refractivity contribution in [2.24, 2.45) is 0 Å². The molecule has 1 N–H and O–H groups in total. The van der Waals surface area contributed by atoms with Gasteiger partial charge in [0.25, 0.3) is 0 Å². The molecular formula is C17H24O9. The number of ketones is 1. The Kier molecular flexibility index (Phi) is 7.52. The molecule has 9 nitrogen and oxygen atoms in total. The van der Waals surface area contributed by atoms with E-state index in [-0.39, 0.29) is 44.7 Å². The van der Waals surface area contributed by atoms with Crippen LogP contribution in [-0.2, 0) is 38.1 Å². The molecular weight excluding hydrogens is 348 g/mol. The summed E-state index contributed by atoms with van der Waals surface area (Å²) in [6, 6.07) is 0. The van der Waals surface area contributed by atoms with Gasteiger partial charge in [0.1, 0.15) is 18.0 Å². The molecule has 0 radical (unpaired) electrons. The Morgan fingerprint density at radius 2 is 1.31 bits per heavy atom. The minimum atomic E-state index is -0.964. The van der Waals surface area contributed by atoms with Crippen molar-refractivity contribution in [3.63, 3.8) is 0 Å². The average molecular weight is 372 g/mol. The molecule has 0 aliphatic carbocycles. The monoisotopic (exact) mass is 372 g/mol. The molecule has 146 valence electrons. The zero-order valence-corrected chi connectivity index (χ0v) is 14.7. The Bertz CT molecular complexity index is 496. The minimum Gasteiger partial charge on any atom is -0.481 e. The first-order chi connectivity index (χ1) is 12.4. The fourth-order valence-electron chi connectivity index (χ4n) is 2.95. The van der Waals surface area contributed by atoms with Crippen LogP contribution in [0.2, 0.25) is 0 Å². The molecule has 2 aliphatic heterocycles. The van der Waals surface area contributed by atoms with E-state index in [2.05, 4.69) is 0 Å². The lowest BCUT2D eigenvalue weighted by atomic mass is 10.1. The van der Waals surface area contributed by atoms with Gasteiger partial charge in [-0.15, -0.1) is 0 Å². The predicted octanol–water partition coefficient (Wildman–Crippen LogP) is 0.622. The molecule has 0 bridgehead atoms. The number of esters is 2. The summed E-state index contributed by atoms with van der Waals surface area (Å²) in [6.07, 6.45) is -1.13. The number of aliphatic carboxylic acids is 1. The molecule has 0 saturated carbocycles. The summed E-state index contributed by atoms with van der Waals surface area (Å²) in [6.45, 7) is 1.76. The summed E-state index contributed by atoms with van der Waals surface area (Å²) in [5.74, 6) is -1.87. The first kappa shape index (κ1) is 20.3. The highest BCUT2D eigenvalue weighted by Gasteiger charge is 2.51. The van der Waals surface area contributed by atoms with Crippen LogP contribution in [0.3, 0.4) is 0 Å². The standard InChI is InChI=1S/C17H24O9/c1-10(18)4-2-6-14(21)25-11-8-23-17-12(9-24-16(11)17)26-15(22)7-3-5-13(19)20/h11-12,16-17H,2-9H2,1H3,(H,19,20)/t11-,12+,16+,17+/m0/s1. The normalized spacial score (nSPS) is 27.0. The van der Waals surface area contributed by atoms with Gasteiger partial charge in [-0.3, -0.25) is 14.4 Å². The van der Waals surface area contributed by atoms with E-state index in [4.69, 9.17) is 24.1 Å². The number of carbonyl (C=O) groups excluding carboxylic acids is 3. The highest BCUT2D eigenvalue weighted by atomic mass is 16.7. The van der Waals surface area contributed by atoms with Gasteiger partial charge >= 0.3 is 17.9 Å². The molecule has 2 rings (SSSR count). The smallest absolute Gasteiger partial charge is 0.306 e. The maximum absolute atomic E-state index is 11.8. The molecule has 2 aliphatic rings. The maximum atomic E-state index is 11.8. The van der Waals surface area contributed by atoms with E-state index in [9.17, 15) is 19.2 Å². The fraction of sp³-hybridized carbons (Fsp3) is 0.765. The topological polar surface area (TPSA) is 125 Å². The van der Waals surface area contributed by atoms with Gasteiger partial charge in [-0.2, -0.15) is 0 Å². The fourth-order valence-corrected chi connectivity index (χ4v) is 2.95. The molecule has 2 saturated heterocycles. The van der Waals surface area contributed by atoms with Crippen LogP contribution in [0.4, 0.5) is 0 Å². The number of hydrogen-bond acceptors (Lipinski definition) is 8. The SMILES string of the molecule is CC(=O)CCCC(=O)O[C@H]1CO[C@H]2[C@@H]1OC[C@H]2OC(=O)CCCC(=O)O. The van der Waals surface area contributed by atoms with Crippen LogP contribution >= 0.6 is 0 Å². The Morgan fingerprint density at radius 1 is 0.846 bits per heavy atom. The van der Waals surface area contributed by atoms with E-state index in [0.717, 1.165) is 0 Å². The molecule has 4 atom stereocenters. The van der Waals surface area contributed by atoms with Gasteiger partial charge in [-0.1, -0.05) is 0 Å². The van der Waals surface area contributed by atoms with E-state index in [0.29, 0.717) is 12.8 Å². The predicted molar refractivity (Wildman–Crippen MR) is 85.3 cm³/mol. The van der Waals surface area contributed by atoms with Crippen LogP contribution < -0.4 is 0 Å². The van der Waals surface area contributed by atoms with Crippen molar-refractivity contribution in [2.75, 3.05) is 13.2 Å². The van der Waals surface area contributed by atoms with Crippen molar-refractivity contribution >= 4 is 23.7 Å². The molecule has 9 heteroatoms. The van der Waals surface area contributed by atoms with Crippen LogP contribution in [0.25, 0.3) is 0 Å². The highest BCUT2D eigenvalue weighted by Crippen LogP contribution is 2.31. The summed E-state index contributed by atoms with van der Waals surface area (Å²) in [7, 11) is 0. The largest absolute Gasteiger partial charge is 0.481 e. The molecule has 0 aromatic rings. The maximum Gasteiger partial charge on any atom is 0.306 e. The molecule has 0 amide bonds. The van der Waals surface area contributed by atoms with Crippen molar-refractivity contribution in [1.29, 1.82) is 0 Å². The number of carboxylic acids is 1. The van der Waals surface area contributed by atoms with Crippen LogP contribution in [0.5, 0.6) is 0 Å². The molecule has 0 unspecified atom stereocenters. The third-order valence-electron chi connectivity index (χ3n) is 4.21. The van der Waals surface area contributed by atoms with Crippen LogP contribution in [0.1, 0.15) is 45.4 Å². The van der Waals surface area contributed by atoms with Gasteiger partial charge < -0.3 is 28.8 Å². The first-order valence-electron chi connectivity index (χ1n) is 8.70. The summed E-state index contributed by atoms with van der Waals surface area (Å²) in [5.41, 5.74) is 0. The molecule has 0 spiro atoms. The second-order valence-corrected chi connectivity index (χ2v) is 6.46. The zero-order valence-electron chi connectivity index (χ0n) is 14.7. The van der Waals surface area contributed by atoms with E-state index in [1.165, 1.54) is 6.92 Å². The lowest BCUT2D eigenvalue weighted by Gasteiger charge is -2.17. The summed E-state index contributed by atoms with van der Waals surface area (Å²) in [5, 5.41) is 8.57. The minimum absolute atomic E-state index is 0.00868. The van der Waals surface area contributed by atoms with Gasteiger partial charge in [0.05, 0.1) is 13.2 Å². The molecule has 0 aromatic carbocycles. The van der Waals surface area contributed by atoms with Gasteiger partial charge in [0.15, 0.2) is 12.2 Å². The van der Waals surface area contributed by atoms with Crippen molar-refractivity contribution in [1.82, 2.24) is 0 Å². The third kappa shape index (κ3) is 6.06. The lowest BCUT2D eigenvalue weighted by molar-refractivity contribution is -0.155. The Morgan fingerprint density at radius 3 is 1.73 bits per heavy atom. The number of hydrogen-bond donors (Lipinski definition) is 1. The van der Waals surface area contributed by atoms with E-state index in [1.807, 2.05) is 0 Å². The number of rotatable bonds is 10. The van der Waals surface area contributed by atoms with Gasteiger partial charge in [0, 0.05) is 25.7 Å². The molecule has 2 fully saturated rings. The van der Waals surface area contributed by atoms with E-state index >= 15 is 0 Å². The zero-order chi connectivity index (χ0) is 19.1. The average Bonchev–Trinajstić information content (AvgIpc) is 3.10. The first-order valence-corrected chi connectivity index (χ1v) is 8.70. The number of carboxylic acid groups (broad SMARTS) is 1. The Labute approximate surface area is 150 Å². The van der Waals surface area contributed by atoms with Gasteiger partial charge in [-0.05, 0) is 19.8 Å². The lowest BCUT2D eigenvalue weighted by Crippen LogP contribution is -2.36. The summed E-state index contributed by atoms with van der Waals surface area (Å²) >= 11 is 0. The van der Waals surface area contributed by atoms with Crippen molar-refractivity contribution in [3.8, 4) is 0 Å². The highest BCUT2D eigenvalue weighted by molar-refractivity contribution is 5.76. The van der Waals surface area contributed by atoms with Crippen LogP contribution in [0.15, 0.2) is 0 Å². The number of Topliss-reactive ketones (excluding diaryl/α,β-unsaturated/α-hetero) is 1. The third-order valence-corrected chi connectivity index (χ3v) is 4.21. The van der Waals surface area contributed by atoms with Crippen LogP contribution in [-0.4, -0.2) is 66.4 Å². The Hall–Kier alpha value is -2.00. The van der Waals surface area contributed by atoms with E-state index in [1.54, 1.807) is 0 Å². The second kappa shape index (κ2) is 9.63. The van der Waals surface area contributed by atoms with Crippen LogP contribution in [0, 0.1) is 0 Å². The van der Waals surface area contributed by atoms with Gasteiger partial charge in [-0.25, -0.2) is 0 Å². The number of carbonyl (C=O) groups is 4. The quantitative estimate of drug-likeness (QED) is 0.549. The Balaban J connectivity index is 1.72. The van der Waals surface area contributed by atoms with Gasteiger partial charge in [0.2, 0.25) is 0 Å². The number of fused-ring (bicyclic) bond motifs is 1. The second-order valence-electron chi connectivity index (χ2n) is 6.46. The van der Waals surface area contributed by atoms with Crippen molar-refractivity contribution in [3.05, 3.63) is 0 Å². The summed E-state index contributed by atoms with van der Waals surface area (Å²) < 4.78 is 21.8. The van der Waals surface area contributed by atoms with Crippen molar-refractivity contribution < 1.29 is 43.2 Å². The summed E-state index contributed by atoms with van der Waals surface area (Å²) in [4.78, 5) is 44.9. The molecule has 0 aromatic heterocycles. The molecule has 26 heavy (non-hydrogen) atoms. The van der Waals surface area contributed by atoms with Crippen molar-refractivity contribution in [2.45, 2.75) is 69.9 Å². The number of ether oxygens (including phenoxy) is 4. The van der Waals surface area contributed by atoms with E-state index < -0.39 is 42.3 Å².